The van der Waals surface area contributed by atoms with Crippen LogP contribution in [0, 0.1) is 17.0 Å². The topological polar surface area (TPSA) is 87.3 Å². The number of ether oxygens (including phenoxy) is 1. The molecule has 1 aromatic heterocycles. The van der Waals surface area contributed by atoms with Gasteiger partial charge in [0.15, 0.2) is 5.76 Å². The largest absolute Gasteiger partial charge is 0.452 e. The highest BCUT2D eigenvalue weighted by molar-refractivity contribution is 6.14. The number of rotatable bonds is 2. The number of benzene rings is 1. The summed E-state index contributed by atoms with van der Waals surface area (Å²) in [6.07, 6.45) is 2.55. The molecule has 1 aliphatic heterocycles. The fourth-order valence-corrected chi connectivity index (χ4v) is 2.13. The SMILES string of the molecule is Cc1ccc2c(c1)O/C(=C\c1ncc([N+](=O)[O-])n1C)C2=O. The first-order chi connectivity index (χ1) is 9.97. The van der Waals surface area contributed by atoms with Crippen LogP contribution in [0.3, 0.4) is 0 Å². The monoisotopic (exact) mass is 285 g/mol. The van der Waals surface area contributed by atoms with Crippen molar-refractivity contribution in [3.05, 3.63) is 57.2 Å². The smallest absolute Gasteiger partial charge is 0.342 e. The van der Waals surface area contributed by atoms with Gasteiger partial charge in [-0.1, -0.05) is 6.07 Å². The van der Waals surface area contributed by atoms with Gasteiger partial charge in [-0.15, -0.1) is 0 Å². The molecule has 3 rings (SSSR count). The van der Waals surface area contributed by atoms with Crippen molar-refractivity contribution in [1.82, 2.24) is 9.55 Å². The molecule has 0 spiro atoms. The minimum Gasteiger partial charge on any atom is -0.452 e. The van der Waals surface area contributed by atoms with Gasteiger partial charge in [-0.3, -0.25) is 4.79 Å². The van der Waals surface area contributed by atoms with Gasteiger partial charge in [0.05, 0.1) is 18.7 Å². The van der Waals surface area contributed by atoms with Crippen LogP contribution in [0.1, 0.15) is 21.7 Å². The first-order valence-corrected chi connectivity index (χ1v) is 6.18. The van der Waals surface area contributed by atoms with Gasteiger partial charge in [0, 0.05) is 0 Å². The van der Waals surface area contributed by atoms with E-state index in [4.69, 9.17) is 4.74 Å². The Bertz CT molecular complexity index is 805. The number of hydrogen-bond donors (Lipinski definition) is 0. The summed E-state index contributed by atoms with van der Waals surface area (Å²) in [6, 6.07) is 5.30. The summed E-state index contributed by atoms with van der Waals surface area (Å²) < 4.78 is 6.81. The summed E-state index contributed by atoms with van der Waals surface area (Å²) in [7, 11) is 1.51. The predicted molar refractivity (Wildman–Crippen MR) is 74.0 cm³/mol. The number of carbonyl (C=O) groups excluding carboxylic acids is 1. The van der Waals surface area contributed by atoms with Crippen LogP contribution in [0.5, 0.6) is 5.75 Å². The molecule has 0 atom stereocenters. The molecule has 106 valence electrons. The number of fused-ring (bicyclic) bond motifs is 1. The van der Waals surface area contributed by atoms with Crippen molar-refractivity contribution >= 4 is 17.7 Å². The number of nitro groups is 1. The second-order valence-electron chi connectivity index (χ2n) is 4.73. The first kappa shape index (κ1) is 13.0. The average Bonchev–Trinajstić information content (AvgIpc) is 2.92. The van der Waals surface area contributed by atoms with Gasteiger partial charge in [0.25, 0.3) is 0 Å². The van der Waals surface area contributed by atoms with Gasteiger partial charge in [0.2, 0.25) is 11.6 Å². The third kappa shape index (κ3) is 2.08. The summed E-state index contributed by atoms with van der Waals surface area (Å²) in [6.45, 7) is 1.90. The van der Waals surface area contributed by atoms with Gasteiger partial charge in [-0.2, -0.15) is 0 Å². The molecule has 0 saturated heterocycles. The van der Waals surface area contributed by atoms with Crippen molar-refractivity contribution in [2.45, 2.75) is 6.92 Å². The second-order valence-corrected chi connectivity index (χ2v) is 4.73. The zero-order chi connectivity index (χ0) is 15.1. The van der Waals surface area contributed by atoms with Crippen LogP contribution in [0.25, 0.3) is 6.08 Å². The van der Waals surface area contributed by atoms with Gasteiger partial charge in [-0.25, -0.2) is 9.55 Å². The summed E-state index contributed by atoms with van der Waals surface area (Å²) in [4.78, 5) is 26.4. The Balaban J connectivity index is 2.00. The Labute approximate surface area is 119 Å². The fourth-order valence-electron chi connectivity index (χ4n) is 2.13. The summed E-state index contributed by atoms with van der Waals surface area (Å²) in [5, 5.41) is 10.8. The molecule has 1 aromatic carbocycles. The van der Waals surface area contributed by atoms with E-state index in [1.54, 1.807) is 12.1 Å². The van der Waals surface area contributed by atoms with Crippen molar-refractivity contribution in [2.24, 2.45) is 7.05 Å². The molecule has 1 aliphatic rings. The van der Waals surface area contributed by atoms with E-state index in [0.29, 0.717) is 11.3 Å². The molecule has 0 aliphatic carbocycles. The zero-order valence-electron chi connectivity index (χ0n) is 11.4. The van der Waals surface area contributed by atoms with Crippen molar-refractivity contribution in [3.8, 4) is 5.75 Å². The lowest BCUT2D eigenvalue weighted by Crippen LogP contribution is -2.02. The minimum absolute atomic E-state index is 0.110. The van der Waals surface area contributed by atoms with Crippen molar-refractivity contribution in [2.75, 3.05) is 0 Å². The van der Waals surface area contributed by atoms with Crippen LogP contribution in [0.2, 0.25) is 0 Å². The Hall–Kier alpha value is -2.96. The minimum atomic E-state index is -0.537. The van der Waals surface area contributed by atoms with Crippen LogP contribution in [0.15, 0.2) is 30.2 Å². The normalized spacial score (nSPS) is 15.1. The molecule has 0 fully saturated rings. The maximum absolute atomic E-state index is 12.2. The number of allylic oxidation sites excluding steroid dienone is 1. The molecular weight excluding hydrogens is 274 g/mol. The van der Waals surface area contributed by atoms with E-state index < -0.39 is 4.92 Å². The lowest BCUT2D eigenvalue weighted by atomic mass is 10.1. The third-order valence-electron chi connectivity index (χ3n) is 3.27. The van der Waals surface area contributed by atoms with Gasteiger partial charge < -0.3 is 14.9 Å². The number of Topliss-reactive ketones (excluding diaryl/α,β-unsaturated/α-hetero) is 1. The van der Waals surface area contributed by atoms with Crippen LogP contribution in [-0.4, -0.2) is 20.3 Å². The van der Waals surface area contributed by atoms with E-state index in [1.807, 2.05) is 13.0 Å². The Kier molecular flexibility index (Phi) is 2.83. The average molecular weight is 285 g/mol. The molecule has 7 heteroatoms. The third-order valence-corrected chi connectivity index (χ3v) is 3.27. The molecule has 21 heavy (non-hydrogen) atoms. The molecular formula is C14H11N3O4. The van der Waals surface area contributed by atoms with E-state index in [2.05, 4.69) is 4.98 Å². The molecule has 0 saturated carbocycles. The highest BCUT2D eigenvalue weighted by Gasteiger charge is 2.28. The maximum atomic E-state index is 12.2. The maximum Gasteiger partial charge on any atom is 0.342 e. The van der Waals surface area contributed by atoms with Crippen LogP contribution in [-0.2, 0) is 7.05 Å². The van der Waals surface area contributed by atoms with Crippen LogP contribution >= 0.6 is 0 Å². The fraction of sp³-hybridized carbons (Fsp3) is 0.143. The second kappa shape index (κ2) is 4.55. The summed E-state index contributed by atoms with van der Waals surface area (Å²) in [5.74, 6) is 0.486. The molecule has 7 nitrogen and oxygen atoms in total. The van der Waals surface area contributed by atoms with Crippen molar-refractivity contribution < 1.29 is 14.5 Å². The molecule has 0 radical (unpaired) electrons. The quantitative estimate of drug-likeness (QED) is 0.480. The molecule has 2 heterocycles. The lowest BCUT2D eigenvalue weighted by Gasteiger charge is -1.98. The van der Waals surface area contributed by atoms with Gasteiger partial charge in [0.1, 0.15) is 11.9 Å². The van der Waals surface area contributed by atoms with Crippen LogP contribution < -0.4 is 4.74 Å². The predicted octanol–water partition coefficient (Wildman–Crippen LogP) is 2.25. The van der Waals surface area contributed by atoms with E-state index in [0.717, 1.165) is 11.8 Å². The Morgan fingerprint density at radius 1 is 1.43 bits per heavy atom. The molecule has 0 bridgehead atoms. The summed E-state index contributed by atoms with van der Waals surface area (Å²) >= 11 is 0. The number of aryl methyl sites for hydroxylation is 1. The number of carbonyl (C=O) groups is 1. The van der Waals surface area contributed by atoms with Crippen molar-refractivity contribution in [3.63, 3.8) is 0 Å². The number of ketones is 1. The van der Waals surface area contributed by atoms with E-state index in [-0.39, 0.29) is 23.2 Å². The standard InChI is InChI=1S/C14H11N3O4/c1-8-3-4-9-10(5-8)21-11(14(9)18)6-12-15-7-13(16(12)2)17(19)20/h3-7H,1-2H3/b11-6-. The van der Waals surface area contributed by atoms with E-state index in [9.17, 15) is 14.9 Å². The first-order valence-electron chi connectivity index (χ1n) is 6.18. The number of nitrogens with zero attached hydrogens (tertiary/aromatic N) is 3. The number of hydrogen-bond acceptors (Lipinski definition) is 5. The van der Waals surface area contributed by atoms with Gasteiger partial charge in [-0.05, 0) is 29.5 Å². The van der Waals surface area contributed by atoms with Gasteiger partial charge >= 0.3 is 5.82 Å². The van der Waals surface area contributed by atoms with Crippen molar-refractivity contribution in [1.29, 1.82) is 0 Å². The Morgan fingerprint density at radius 2 is 2.19 bits per heavy atom. The van der Waals surface area contributed by atoms with E-state index in [1.165, 1.54) is 17.7 Å². The zero-order valence-corrected chi connectivity index (χ0v) is 11.4. The molecule has 0 amide bonds. The molecule has 0 unspecified atom stereocenters. The number of imidazole rings is 1. The number of aromatic nitrogens is 2. The Morgan fingerprint density at radius 3 is 2.86 bits per heavy atom. The molecule has 0 N–H and O–H groups in total. The highest BCUT2D eigenvalue weighted by Crippen LogP contribution is 2.32. The molecule has 2 aromatic rings. The summed E-state index contributed by atoms with van der Waals surface area (Å²) in [5.41, 5.74) is 1.46. The van der Waals surface area contributed by atoms with Crippen LogP contribution in [0.4, 0.5) is 5.82 Å². The van der Waals surface area contributed by atoms with E-state index >= 15 is 0 Å². The highest BCUT2D eigenvalue weighted by atomic mass is 16.6. The lowest BCUT2D eigenvalue weighted by molar-refractivity contribution is -0.391.